The molecule has 1 unspecified atom stereocenters. The van der Waals surface area contributed by atoms with Crippen LogP contribution in [-0.2, 0) is 9.63 Å². The maximum absolute atomic E-state index is 12.3. The summed E-state index contributed by atoms with van der Waals surface area (Å²) in [5.41, 5.74) is 0.372. The van der Waals surface area contributed by atoms with E-state index >= 15 is 0 Å². The van der Waals surface area contributed by atoms with Crippen molar-refractivity contribution in [2.75, 3.05) is 13.1 Å². The van der Waals surface area contributed by atoms with Gasteiger partial charge in [0.15, 0.2) is 0 Å². The van der Waals surface area contributed by atoms with Crippen LogP contribution in [0.15, 0.2) is 24.3 Å². The Morgan fingerprint density at radius 1 is 1.15 bits per heavy atom. The van der Waals surface area contributed by atoms with E-state index in [0.29, 0.717) is 18.0 Å². The molecule has 1 fully saturated rings. The fourth-order valence-corrected chi connectivity index (χ4v) is 2.95. The summed E-state index contributed by atoms with van der Waals surface area (Å²) >= 11 is 0. The summed E-state index contributed by atoms with van der Waals surface area (Å²) < 4.78 is 0. The van der Waals surface area contributed by atoms with Gasteiger partial charge in [0.05, 0.1) is 17.0 Å². The molecule has 0 saturated carbocycles. The molecule has 3 amide bonds. The number of carbonyl (C=O) groups is 4. The van der Waals surface area contributed by atoms with Crippen LogP contribution in [0, 0.1) is 5.92 Å². The van der Waals surface area contributed by atoms with Gasteiger partial charge in [0, 0.05) is 13.1 Å². The Morgan fingerprint density at radius 2 is 1.85 bits per heavy atom. The van der Waals surface area contributed by atoms with Crippen LogP contribution < -0.4 is 0 Å². The number of fused-ring (bicyclic) bond motifs is 1. The van der Waals surface area contributed by atoms with Crippen molar-refractivity contribution in [2.45, 2.75) is 6.42 Å². The number of likely N-dealkylation sites (tertiary alicyclic amines) is 1. The third-order valence-electron chi connectivity index (χ3n) is 4.28. The molecular weight excluding hydrogens is 344 g/mol. The first-order chi connectivity index (χ1) is 12.6. The maximum Gasteiger partial charge on any atom is 0.338 e. The second-order valence-electron chi connectivity index (χ2n) is 5.83. The Balaban J connectivity index is 1.41. The van der Waals surface area contributed by atoms with Gasteiger partial charge in [0.1, 0.15) is 0 Å². The van der Waals surface area contributed by atoms with Gasteiger partial charge < -0.3 is 9.74 Å². The number of nitrogens with one attached hydrogen (secondary N) is 1. The van der Waals surface area contributed by atoms with Gasteiger partial charge in [0.2, 0.25) is 0 Å². The highest BCUT2D eigenvalue weighted by molar-refractivity contribution is 6.20. The van der Waals surface area contributed by atoms with Crippen molar-refractivity contribution >= 4 is 23.7 Å². The number of nitrogens with zero attached hydrogens (tertiary/aromatic N) is 5. The largest absolute Gasteiger partial charge is 0.338 e. The zero-order valence-electron chi connectivity index (χ0n) is 13.3. The number of hydrogen-bond donors (Lipinski definition) is 1. The topological polar surface area (TPSA) is 138 Å². The summed E-state index contributed by atoms with van der Waals surface area (Å²) in [6.07, 6.45) is 0.339. The molecule has 3 heterocycles. The summed E-state index contributed by atoms with van der Waals surface area (Å²) in [5, 5.41) is 13.2. The minimum Gasteiger partial charge on any atom is -0.335 e. The Hall–Kier alpha value is -3.63. The molecule has 132 valence electrons. The van der Waals surface area contributed by atoms with Crippen LogP contribution in [0.2, 0.25) is 0 Å². The summed E-state index contributed by atoms with van der Waals surface area (Å²) in [4.78, 5) is 55.3. The lowest BCUT2D eigenvalue weighted by atomic mass is 10.1. The monoisotopic (exact) mass is 356 g/mol. The predicted octanol–water partition coefficient (Wildman–Crippen LogP) is -0.584. The molecule has 11 nitrogen and oxygen atoms in total. The van der Waals surface area contributed by atoms with E-state index in [1.54, 1.807) is 12.1 Å². The van der Waals surface area contributed by atoms with E-state index in [1.165, 1.54) is 17.0 Å². The fourth-order valence-electron chi connectivity index (χ4n) is 2.95. The molecule has 1 N–H and O–H groups in total. The first-order valence-corrected chi connectivity index (χ1v) is 7.78. The second-order valence-corrected chi connectivity index (χ2v) is 5.83. The van der Waals surface area contributed by atoms with E-state index in [-0.39, 0.29) is 23.5 Å². The molecule has 4 rings (SSSR count). The van der Waals surface area contributed by atoms with Gasteiger partial charge in [0.25, 0.3) is 23.5 Å². The Morgan fingerprint density at radius 3 is 2.46 bits per heavy atom. The molecular formula is C15H12N6O5. The lowest BCUT2D eigenvalue weighted by Gasteiger charge is -2.16. The zero-order valence-corrected chi connectivity index (χ0v) is 13.3. The molecule has 2 aromatic rings. The highest BCUT2D eigenvalue weighted by atomic mass is 16.7. The number of tetrazole rings is 1. The van der Waals surface area contributed by atoms with Crippen LogP contribution in [0.4, 0.5) is 0 Å². The van der Waals surface area contributed by atoms with Crippen LogP contribution in [0.3, 0.4) is 0 Å². The Kier molecular flexibility index (Phi) is 3.68. The van der Waals surface area contributed by atoms with Crippen molar-refractivity contribution in [3.63, 3.8) is 0 Å². The van der Waals surface area contributed by atoms with Crippen molar-refractivity contribution in [3.8, 4) is 0 Å². The van der Waals surface area contributed by atoms with Crippen LogP contribution in [0.1, 0.15) is 37.8 Å². The first-order valence-electron chi connectivity index (χ1n) is 7.78. The smallest absolute Gasteiger partial charge is 0.335 e. The third-order valence-corrected chi connectivity index (χ3v) is 4.28. The van der Waals surface area contributed by atoms with Gasteiger partial charge in [-0.05, 0) is 23.8 Å². The molecule has 0 bridgehead atoms. The van der Waals surface area contributed by atoms with Crippen LogP contribution >= 0.6 is 0 Å². The van der Waals surface area contributed by atoms with Gasteiger partial charge in [-0.2, -0.15) is 5.21 Å². The van der Waals surface area contributed by atoms with E-state index in [1.807, 2.05) is 0 Å². The quantitative estimate of drug-likeness (QED) is 0.721. The van der Waals surface area contributed by atoms with Gasteiger partial charge in [-0.3, -0.25) is 14.4 Å². The molecule has 0 aliphatic carbocycles. The standard InChI is InChI=1S/C15H12N6O5/c22-12-9-3-1-2-4-10(9)13(23)21(12)26-15(25)8-5-6-20(7-8)14(24)11-16-18-19-17-11/h1-4,8H,5-7H2,(H,16,17,18,19). The summed E-state index contributed by atoms with van der Waals surface area (Å²) in [6, 6.07) is 6.22. The molecule has 26 heavy (non-hydrogen) atoms. The predicted molar refractivity (Wildman–Crippen MR) is 81.2 cm³/mol. The molecule has 1 aromatic carbocycles. The number of rotatable bonds is 3. The van der Waals surface area contributed by atoms with Crippen molar-refractivity contribution in [3.05, 3.63) is 41.2 Å². The van der Waals surface area contributed by atoms with Gasteiger partial charge in [-0.25, -0.2) is 4.79 Å². The van der Waals surface area contributed by atoms with E-state index < -0.39 is 29.6 Å². The molecule has 2 aliphatic rings. The van der Waals surface area contributed by atoms with Crippen molar-refractivity contribution in [1.82, 2.24) is 30.6 Å². The molecule has 1 aromatic heterocycles. The van der Waals surface area contributed by atoms with Crippen molar-refractivity contribution in [2.24, 2.45) is 5.92 Å². The molecule has 1 saturated heterocycles. The average molecular weight is 356 g/mol. The minimum atomic E-state index is -0.747. The van der Waals surface area contributed by atoms with E-state index in [9.17, 15) is 19.2 Å². The lowest BCUT2D eigenvalue weighted by Crippen LogP contribution is -2.36. The number of aromatic amines is 1. The Labute approximate surface area is 145 Å². The van der Waals surface area contributed by atoms with Gasteiger partial charge in [-0.15, -0.1) is 10.2 Å². The van der Waals surface area contributed by atoms with Crippen LogP contribution in [0.5, 0.6) is 0 Å². The number of H-pyrrole nitrogens is 1. The average Bonchev–Trinajstić information content (AvgIpc) is 3.39. The third kappa shape index (κ3) is 2.49. The Bertz CT molecular complexity index is 876. The van der Waals surface area contributed by atoms with Crippen molar-refractivity contribution < 1.29 is 24.0 Å². The number of hydrogen-bond acceptors (Lipinski definition) is 8. The second kappa shape index (κ2) is 6.02. The SMILES string of the molecule is O=C(ON1C(=O)c2ccccc2C1=O)C1CCN(C(=O)c2nn[nH]n2)C1. The first kappa shape index (κ1) is 15.9. The number of aromatic nitrogens is 4. The number of imide groups is 1. The normalized spacial score (nSPS) is 19.0. The highest BCUT2D eigenvalue weighted by Crippen LogP contribution is 2.25. The highest BCUT2D eigenvalue weighted by Gasteiger charge is 2.41. The maximum atomic E-state index is 12.3. The van der Waals surface area contributed by atoms with E-state index in [0.717, 1.165) is 0 Å². The zero-order chi connectivity index (χ0) is 18.3. The summed E-state index contributed by atoms with van der Waals surface area (Å²) in [7, 11) is 0. The molecule has 2 aliphatic heterocycles. The van der Waals surface area contributed by atoms with Crippen molar-refractivity contribution in [1.29, 1.82) is 0 Å². The van der Waals surface area contributed by atoms with E-state index in [2.05, 4.69) is 20.6 Å². The van der Waals surface area contributed by atoms with Gasteiger partial charge >= 0.3 is 5.97 Å². The lowest BCUT2D eigenvalue weighted by molar-refractivity contribution is -0.173. The van der Waals surface area contributed by atoms with Crippen LogP contribution in [0.25, 0.3) is 0 Å². The minimum absolute atomic E-state index is 0.0787. The number of amides is 3. The van der Waals surface area contributed by atoms with Gasteiger partial charge in [-0.1, -0.05) is 17.2 Å². The summed E-state index contributed by atoms with van der Waals surface area (Å²) in [5.74, 6) is -3.33. The fraction of sp³-hybridized carbons (Fsp3) is 0.267. The number of hydroxylamine groups is 2. The molecule has 11 heteroatoms. The molecule has 0 spiro atoms. The number of carbonyl (C=O) groups excluding carboxylic acids is 4. The molecule has 1 atom stereocenters. The summed E-state index contributed by atoms with van der Waals surface area (Å²) in [6.45, 7) is 0.380. The van der Waals surface area contributed by atoms with Crippen LogP contribution in [-0.4, -0.2) is 67.4 Å². The number of benzene rings is 1. The van der Waals surface area contributed by atoms with E-state index in [4.69, 9.17) is 4.84 Å². The molecule has 0 radical (unpaired) electrons.